The van der Waals surface area contributed by atoms with Crippen molar-refractivity contribution in [2.45, 2.75) is 70.7 Å². The third-order valence-corrected chi connectivity index (χ3v) is 4.01. The molecule has 23 heavy (non-hydrogen) atoms. The van der Waals surface area contributed by atoms with Gasteiger partial charge in [-0.2, -0.15) is 0 Å². The highest BCUT2D eigenvalue weighted by Crippen LogP contribution is 2.23. The first-order chi connectivity index (χ1) is 10.7. The molecule has 0 bridgehead atoms. The van der Waals surface area contributed by atoms with Gasteiger partial charge in [0.25, 0.3) is 0 Å². The third-order valence-electron chi connectivity index (χ3n) is 4.01. The van der Waals surface area contributed by atoms with Gasteiger partial charge in [-0.05, 0) is 64.7 Å². The molecule has 2 rings (SSSR count). The maximum atomic E-state index is 13.0. The molecule has 0 aliphatic heterocycles. The molecule has 1 fully saturated rings. The number of carbonyl (C=O) groups excluding carboxylic acids is 1. The van der Waals surface area contributed by atoms with Crippen LogP contribution >= 0.6 is 0 Å². The highest BCUT2D eigenvalue weighted by molar-refractivity contribution is 5.68. The summed E-state index contributed by atoms with van der Waals surface area (Å²) in [5.74, 6) is -0.219. The Morgan fingerprint density at radius 3 is 2.43 bits per heavy atom. The number of carbonyl (C=O) groups is 1. The second-order valence-corrected chi connectivity index (χ2v) is 7.29. The topological polar surface area (TPSA) is 50.4 Å². The number of benzene rings is 1. The van der Waals surface area contributed by atoms with Crippen LogP contribution < -0.4 is 10.6 Å². The van der Waals surface area contributed by atoms with Gasteiger partial charge in [0.05, 0.1) is 0 Å². The minimum atomic E-state index is -0.475. The summed E-state index contributed by atoms with van der Waals surface area (Å²) >= 11 is 0. The van der Waals surface area contributed by atoms with Crippen molar-refractivity contribution in [1.82, 2.24) is 10.6 Å². The summed E-state index contributed by atoms with van der Waals surface area (Å²) in [5.41, 5.74) is 0.590. The molecule has 3 atom stereocenters. The minimum Gasteiger partial charge on any atom is -0.444 e. The van der Waals surface area contributed by atoms with Crippen LogP contribution in [0.5, 0.6) is 0 Å². The summed E-state index contributed by atoms with van der Waals surface area (Å²) in [5, 5.41) is 6.49. The van der Waals surface area contributed by atoms with Crippen LogP contribution in [0.4, 0.5) is 9.18 Å². The zero-order valence-electron chi connectivity index (χ0n) is 14.4. The van der Waals surface area contributed by atoms with Crippen molar-refractivity contribution in [3.8, 4) is 0 Å². The van der Waals surface area contributed by atoms with E-state index in [4.69, 9.17) is 4.74 Å². The van der Waals surface area contributed by atoms with E-state index in [1.165, 1.54) is 12.1 Å². The Labute approximate surface area is 137 Å². The van der Waals surface area contributed by atoms with Gasteiger partial charge in [0, 0.05) is 18.1 Å². The summed E-state index contributed by atoms with van der Waals surface area (Å²) in [4.78, 5) is 11.8. The quantitative estimate of drug-likeness (QED) is 0.883. The van der Waals surface area contributed by atoms with E-state index < -0.39 is 5.60 Å². The van der Waals surface area contributed by atoms with E-state index in [-0.39, 0.29) is 24.0 Å². The van der Waals surface area contributed by atoms with Gasteiger partial charge >= 0.3 is 6.09 Å². The molecule has 0 aromatic heterocycles. The van der Waals surface area contributed by atoms with Crippen molar-refractivity contribution in [1.29, 1.82) is 0 Å². The lowest BCUT2D eigenvalue weighted by Crippen LogP contribution is -2.39. The Morgan fingerprint density at radius 1 is 1.22 bits per heavy atom. The van der Waals surface area contributed by atoms with Crippen LogP contribution in [0.2, 0.25) is 0 Å². The van der Waals surface area contributed by atoms with Gasteiger partial charge in [0.2, 0.25) is 0 Å². The van der Waals surface area contributed by atoms with Crippen molar-refractivity contribution >= 4 is 6.09 Å². The average molecular weight is 322 g/mol. The number of nitrogens with one attached hydrogen (secondary N) is 2. The fourth-order valence-electron chi connectivity index (χ4n) is 2.94. The number of halogens is 1. The standard InChI is InChI=1S/C18H27FN2O2/c1-12(13-5-7-14(19)8-6-13)20-15-9-10-16(11-15)21-17(22)23-18(2,3)4/h5-8,12,15-16,20H,9-11H2,1-4H3,(H,21,22)/t12-,15?,16?/m1/s1. The summed E-state index contributed by atoms with van der Waals surface area (Å²) in [7, 11) is 0. The van der Waals surface area contributed by atoms with E-state index in [9.17, 15) is 9.18 Å². The second-order valence-electron chi connectivity index (χ2n) is 7.29. The first-order valence-corrected chi connectivity index (χ1v) is 8.24. The Balaban J connectivity index is 1.79. The Hall–Kier alpha value is -1.62. The van der Waals surface area contributed by atoms with E-state index in [2.05, 4.69) is 17.6 Å². The molecular formula is C18H27FN2O2. The molecule has 0 saturated heterocycles. The number of amides is 1. The molecule has 2 N–H and O–H groups in total. The van der Waals surface area contributed by atoms with Crippen LogP contribution in [0.25, 0.3) is 0 Å². The molecule has 0 spiro atoms. The monoisotopic (exact) mass is 322 g/mol. The minimum absolute atomic E-state index is 0.141. The number of rotatable bonds is 4. The SMILES string of the molecule is C[C@@H](NC1CCC(NC(=O)OC(C)(C)C)C1)c1ccc(F)cc1. The lowest BCUT2D eigenvalue weighted by atomic mass is 10.1. The molecule has 2 unspecified atom stereocenters. The van der Waals surface area contributed by atoms with Crippen molar-refractivity contribution in [2.75, 3.05) is 0 Å². The van der Waals surface area contributed by atoms with E-state index in [1.807, 2.05) is 20.8 Å². The summed E-state index contributed by atoms with van der Waals surface area (Å²) in [6.07, 6.45) is 2.47. The molecule has 5 heteroatoms. The van der Waals surface area contributed by atoms with E-state index in [1.54, 1.807) is 12.1 Å². The molecule has 4 nitrogen and oxygen atoms in total. The lowest BCUT2D eigenvalue weighted by molar-refractivity contribution is 0.0505. The molecule has 1 aliphatic rings. The summed E-state index contributed by atoms with van der Waals surface area (Å²) in [6, 6.07) is 7.21. The van der Waals surface area contributed by atoms with Crippen molar-refractivity contribution < 1.29 is 13.9 Å². The fraction of sp³-hybridized carbons (Fsp3) is 0.611. The Kier molecular flexibility index (Phi) is 5.63. The van der Waals surface area contributed by atoms with Gasteiger partial charge in [-0.3, -0.25) is 0 Å². The Bertz CT molecular complexity index is 525. The molecule has 128 valence electrons. The summed E-state index contributed by atoms with van der Waals surface area (Å²) in [6.45, 7) is 7.64. The molecule has 1 amide bonds. The average Bonchev–Trinajstić information content (AvgIpc) is 2.84. The fourth-order valence-corrected chi connectivity index (χ4v) is 2.94. The zero-order chi connectivity index (χ0) is 17.0. The van der Waals surface area contributed by atoms with Gasteiger partial charge < -0.3 is 15.4 Å². The van der Waals surface area contributed by atoms with E-state index >= 15 is 0 Å². The molecule has 1 saturated carbocycles. The van der Waals surface area contributed by atoms with Crippen LogP contribution in [0.1, 0.15) is 58.6 Å². The predicted octanol–water partition coefficient (Wildman–Crippen LogP) is 3.92. The maximum absolute atomic E-state index is 13.0. The van der Waals surface area contributed by atoms with Gasteiger partial charge in [-0.1, -0.05) is 12.1 Å². The lowest BCUT2D eigenvalue weighted by Gasteiger charge is -2.22. The van der Waals surface area contributed by atoms with Crippen LogP contribution in [-0.2, 0) is 4.74 Å². The highest BCUT2D eigenvalue weighted by Gasteiger charge is 2.28. The first kappa shape index (κ1) is 17.7. The smallest absolute Gasteiger partial charge is 0.407 e. The van der Waals surface area contributed by atoms with Crippen LogP contribution in [0.3, 0.4) is 0 Å². The van der Waals surface area contributed by atoms with E-state index in [0.717, 1.165) is 24.8 Å². The van der Waals surface area contributed by atoms with Gasteiger partial charge in [0.15, 0.2) is 0 Å². The van der Waals surface area contributed by atoms with Crippen molar-refractivity contribution in [3.05, 3.63) is 35.6 Å². The van der Waals surface area contributed by atoms with Gasteiger partial charge in [-0.25, -0.2) is 9.18 Å². The highest BCUT2D eigenvalue weighted by atomic mass is 19.1. The van der Waals surface area contributed by atoms with Crippen LogP contribution in [0.15, 0.2) is 24.3 Å². The van der Waals surface area contributed by atoms with E-state index in [0.29, 0.717) is 6.04 Å². The largest absolute Gasteiger partial charge is 0.444 e. The number of ether oxygens (including phenoxy) is 1. The third kappa shape index (κ3) is 5.82. The van der Waals surface area contributed by atoms with Gasteiger partial charge in [0.1, 0.15) is 11.4 Å². The molecule has 1 aromatic rings. The maximum Gasteiger partial charge on any atom is 0.407 e. The Morgan fingerprint density at radius 2 is 1.83 bits per heavy atom. The summed E-state index contributed by atoms with van der Waals surface area (Å²) < 4.78 is 18.3. The van der Waals surface area contributed by atoms with Crippen LogP contribution in [-0.4, -0.2) is 23.8 Å². The molecule has 0 radical (unpaired) electrons. The predicted molar refractivity (Wildman–Crippen MR) is 88.7 cm³/mol. The number of hydrogen-bond donors (Lipinski definition) is 2. The normalized spacial score (nSPS) is 22.7. The number of hydrogen-bond acceptors (Lipinski definition) is 3. The van der Waals surface area contributed by atoms with Crippen LogP contribution in [0, 0.1) is 5.82 Å². The number of alkyl carbamates (subject to hydrolysis) is 1. The van der Waals surface area contributed by atoms with Crippen molar-refractivity contribution in [2.24, 2.45) is 0 Å². The molecule has 0 heterocycles. The van der Waals surface area contributed by atoms with Crippen molar-refractivity contribution in [3.63, 3.8) is 0 Å². The molecule has 1 aromatic carbocycles. The molecule has 1 aliphatic carbocycles. The second kappa shape index (κ2) is 7.30. The first-order valence-electron chi connectivity index (χ1n) is 8.24. The van der Waals surface area contributed by atoms with Gasteiger partial charge in [-0.15, -0.1) is 0 Å². The zero-order valence-corrected chi connectivity index (χ0v) is 14.4. The molecular weight excluding hydrogens is 295 g/mol.